The second-order valence-corrected chi connectivity index (χ2v) is 7.27. The van der Waals surface area contributed by atoms with Gasteiger partial charge in [-0.1, -0.05) is 18.2 Å². The topological polar surface area (TPSA) is 66.8 Å². The van der Waals surface area contributed by atoms with Gasteiger partial charge in [-0.3, -0.25) is 4.79 Å². The van der Waals surface area contributed by atoms with E-state index in [2.05, 4.69) is 0 Å². The number of hydrogen-bond acceptors (Lipinski definition) is 4. The normalized spacial score (nSPS) is 23.8. The summed E-state index contributed by atoms with van der Waals surface area (Å²) in [7, 11) is 0. The van der Waals surface area contributed by atoms with Crippen molar-refractivity contribution < 1.29 is 19.4 Å². The van der Waals surface area contributed by atoms with Gasteiger partial charge in [0.1, 0.15) is 0 Å². The number of ether oxygens (including phenoxy) is 1. The zero-order valence-corrected chi connectivity index (χ0v) is 13.9. The molecule has 0 aromatic heterocycles. The molecule has 1 aliphatic carbocycles. The minimum Gasteiger partial charge on any atom is -0.466 e. The van der Waals surface area contributed by atoms with E-state index in [-0.39, 0.29) is 5.97 Å². The van der Waals surface area contributed by atoms with Gasteiger partial charge < -0.3 is 14.7 Å². The lowest BCUT2D eigenvalue weighted by atomic mass is 9.93. The molecule has 5 nitrogen and oxygen atoms in total. The lowest BCUT2D eigenvalue weighted by Gasteiger charge is -2.27. The fraction of sp³-hybridized carbons (Fsp3) is 0.529. The average Bonchev–Trinajstić information content (AvgIpc) is 3.22. The number of hydrogen-bond donors (Lipinski definition) is 1. The fourth-order valence-electron chi connectivity index (χ4n) is 3.09. The molecule has 23 heavy (non-hydrogen) atoms. The number of carboxylic acid groups (broad SMARTS) is 1. The Balaban J connectivity index is 1.94. The third kappa shape index (κ3) is 3.47. The lowest BCUT2D eigenvalue weighted by Crippen LogP contribution is -2.33. The maximum absolute atomic E-state index is 12.3. The Kier molecular flexibility index (Phi) is 4.80. The van der Waals surface area contributed by atoms with Crippen LogP contribution in [0.2, 0.25) is 0 Å². The molecular formula is C17H21NO4S. The number of benzene rings is 1. The maximum Gasteiger partial charge on any atom is 0.407 e. The second kappa shape index (κ2) is 6.83. The summed E-state index contributed by atoms with van der Waals surface area (Å²) in [6.07, 6.45) is 1.94. The molecule has 0 spiro atoms. The van der Waals surface area contributed by atoms with Crippen LogP contribution in [0.25, 0.3) is 0 Å². The summed E-state index contributed by atoms with van der Waals surface area (Å²) in [6, 6.07) is 7.40. The van der Waals surface area contributed by atoms with E-state index in [0.717, 1.165) is 10.5 Å². The molecule has 3 rings (SSSR count). The first-order valence-electron chi connectivity index (χ1n) is 8.03. The number of nitrogens with zero attached hydrogens (tertiary/aromatic N) is 1. The minimum absolute atomic E-state index is 0.299. The molecule has 1 N–H and O–H groups in total. The summed E-state index contributed by atoms with van der Waals surface area (Å²) in [5, 5.41) is 10.1. The van der Waals surface area contributed by atoms with Gasteiger partial charge in [-0.25, -0.2) is 4.79 Å². The van der Waals surface area contributed by atoms with Gasteiger partial charge in [0.2, 0.25) is 0 Å². The number of thioether (sulfide) groups is 1. The highest BCUT2D eigenvalue weighted by molar-refractivity contribution is 8.00. The molecule has 1 saturated heterocycles. The molecule has 1 amide bonds. The van der Waals surface area contributed by atoms with Crippen LogP contribution in [0.3, 0.4) is 0 Å². The first kappa shape index (κ1) is 16.2. The van der Waals surface area contributed by atoms with Crippen LogP contribution in [0.15, 0.2) is 29.2 Å². The molecule has 2 atom stereocenters. The zero-order chi connectivity index (χ0) is 16.4. The summed E-state index contributed by atoms with van der Waals surface area (Å²) >= 11 is 1.79. The van der Waals surface area contributed by atoms with Gasteiger partial charge in [0.25, 0.3) is 0 Å². The van der Waals surface area contributed by atoms with E-state index >= 15 is 0 Å². The summed E-state index contributed by atoms with van der Waals surface area (Å²) in [5.41, 5.74) is 0.933. The molecule has 1 aromatic carbocycles. The summed E-state index contributed by atoms with van der Waals surface area (Å²) in [4.78, 5) is 26.4. The molecule has 6 heteroatoms. The van der Waals surface area contributed by atoms with Gasteiger partial charge in [-0.15, -0.1) is 11.8 Å². The van der Waals surface area contributed by atoms with Gasteiger partial charge >= 0.3 is 12.1 Å². The average molecular weight is 335 g/mol. The Morgan fingerprint density at radius 3 is 2.70 bits per heavy atom. The Hall–Kier alpha value is -1.69. The van der Waals surface area contributed by atoms with Crippen LogP contribution in [-0.2, 0) is 9.53 Å². The molecule has 124 valence electrons. The van der Waals surface area contributed by atoms with Crippen LogP contribution in [0.1, 0.15) is 37.8 Å². The molecule has 0 bridgehead atoms. The Labute approximate surface area is 140 Å². The summed E-state index contributed by atoms with van der Waals surface area (Å²) < 4.78 is 5.17. The lowest BCUT2D eigenvalue weighted by molar-refractivity contribution is -0.148. The van der Waals surface area contributed by atoms with Gasteiger partial charge in [-0.05, 0) is 37.8 Å². The summed E-state index contributed by atoms with van der Waals surface area (Å²) in [6.45, 7) is 2.45. The van der Waals surface area contributed by atoms with E-state index in [1.807, 2.05) is 24.3 Å². The highest BCUT2D eigenvalue weighted by Gasteiger charge is 2.44. The van der Waals surface area contributed by atoms with Crippen molar-refractivity contribution in [1.29, 1.82) is 0 Å². The van der Waals surface area contributed by atoms with Gasteiger partial charge in [0, 0.05) is 16.7 Å². The predicted octanol–water partition coefficient (Wildman–Crippen LogP) is 3.55. The van der Waals surface area contributed by atoms with Crippen LogP contribution in [0.4, 0.5) is 4.79 Å². The quantitative estimate of drug-likeness (QED) is 0.834. The Morgan fingerprint density at radius 2 is 2.04 bits per heavy atom. The van der Waals surface area contributed by atoms with Crippen molar-refractivity contribution in [2.75, 3.05) is 13.2 Å². The van der Waals surface area contributed by atoms with Crippen molar-refractivity contribution in [3.8, 4) is 0 Å². The fourth-order valence-corrected chi connectivity index (χ4v) is 4.30. The van der Waals surface area contributed by atoms with E-state index < -0.39 is 18.1 Å². The summed E-state index contributed by atoms with van der Waals surface area (Å²) in [5.74, 6) is -0.723. The van der Waals surface area contributed by atoms with E-state index in [4.69, 9.17) is 4.74 Å². The molecule has 0 radical (unpaired) electrons. The zero-order valence-electron chi connectivity index (χ0n) is 13.1. The van der Waals surface area contributed by atoms with E-state index in [1.54, 1.807) is 18.7 Å². The van der Waals surface area contributed by atoms with Crippen molar-refractivity contribution in [1.82, 2.24) is 4.90 Å². The van der Waals surface area contributed by atoms with Crippen LogP contribution < -0.4 is 0 Å². The minimum atomic E-state index is -0.979. The first-order valence-corrected chi connectivity index (χ1v) is 8.91. The standard InChI is InChI=1S/C17H21NO4S/c1-2-22-16(19)13-9-10-18(17(20)21)15(13)12-5-3-4-6-14(12)23-11-7-8-11/h3-6,11,13,15H,2,7-10H2,1H3,(H,20,21). The highest BCUT2D eigenvalue weighted by atomic mass is 32.2. The second-order valence-electron chi connectivity index (χ2n) is 5.92. The van der Waals surface area contributed by atoms with E-state index in [0.29, 0.717) is 24.8 Å². The number of carbonyl (C=O) groups excluding carboxylic acids is 1. The number of likely N-dealkylation sites (tertiary alicyclic amines) is 1. The van der Waals surface area contributed by atoms with E-state index in [9.17, 15) is 14.7 Å². The maximum atomic E-state index is 12.3. The van der Waals surface area contributed by atoms with Crippen molar-refractivity contribution >= 4 is 23.8 Å². The SMILES string of the molecule is CCOC(=O)C1CCN(C(=O)O)C1c1ccccc1SC1CC1. The predicted molar refractivity (Wildman–Crippen MR) is 87.5 cm³/mol. The van der Waals surface area contributed by atoms with Crippen LogP contribution in [-0.4, -0.2) is 40.5 Å². The van der Waals surface area contributed by atoms with Gasteiger partial charge in [-0.2, -0.15) is 0 Å². The molecule has 2 fully saturated rings. The van der Waals surface area contributed by atoms with Crippen LogP contribution >= 0.6 is 11.8 Å². The van der Waals surface area contributed by atoms with Gasteiger partial charge in [0.05, 0.1) is 18.6 Å². The van der Waals surface area contributed by atoms with Crippen molar-refractivity contribution in [2.24, 2.45) is 5.92 Å². The first-order chi connectivity index (χ1) is 11.1. The largest absolute Gasteiger partial charge is 0.466 e. The molecule has 1 saturated carbocycles. The van der Waals surface area contributed by atoms with Crippen molar-refractivity contribution in [3.63, 3.8) is 0 Å². The number of esters is 1. The Morgan fingerprint density at radius 1 is 1.30 bits per heavy atom. The molecule has 1 heterocycles. The Bertz CT molecular complexity index is 602. The van der Waals surface area contributed by atoms with E-state index in [1.165, 1.54) is 17.7 Å². The van der Waals surface area contributed by atoms with Crippen molar-refractivity contribution in [3.05, 3.63) is 29.8 Å². The smallest absolute Gasteiger partial charge is 0.407 e. The number of rotatable bonds is 5. The number of amides is 1. The van der Waals surface area contributed by atoms with Crippen LogP contribution in [0.5, 0.6) is 0 Å². The molecular weight excluding hydrogens is 314 g/mol. The molecule has 1 aliphatic heterocycles. The van der Waals surface area contributed by atoms with Crippen molar-refractivity contribution in [2.45, 2.75) is 42.4 Å². The third-order valence-electron chi connectivity index (χ3n) is 4.29. The number of carbonyl (C=O) groups is 2. The highest BCUT2D eigenvalue weighted by Crippen LogP contribution is 2.46. The molecule has 2 aliphatic rings. The molecule has 1 aromatic rings. The van der Waals surface area contributed by atoms with Gasteiger partial charge in [0.15, 0.2) is 0 Å². The molecule has 2 unspecified atom stereocenters. The monoisotopic (exact) mass is 335 g/mol. The third-order valence-corrected chi connectivity index (χ3v) is 5.72. The van der Waals surface area contributed by atoms with Crippen LogP contribution in [0, 0.1) is 5.92 Å².